The van der Waals surface area contributed by atoms with Crippen molar-refractivity contribution < 1.29 is 9.53 Å². The summed E-state index contributed by atoms with van der Waals surface area (Å²) in [5.74, 6) is -0.209. The molecule has 0 unspecified atom stereocenters. The van der Waals surface area contributed by atoms with E-state index in [1.807, 2.05) is 0 Å². The summed E-state index contributed by atoms with van der Waals surface area (Å²) in [6, 6.07) is 4.95. The van der Waals surface area contributed by atoms with Crippen molar-refractivity contribution in [2.45, 2.75) is 9.92 Å². The Bertz CT molecular complexity index is 604. The lowest BCUT2D eigenvalue weighted by Gasteiger charge is -2.07. The highest BCUT2D eigenvalue weighted by molar-refractivity contribution is 7.99. The van der Waals surface area contributed by atoms with Crippen molar-refractivity contribution in [3.8, 4) is 0 Å². The fourth-order valence-corrected chi connectivity index (χ4v) is 2.28. The molecule has 0 amide bonds. The Morgan fingerprint density at radius 2 is 2.16 bits per heavy atom. The maximum Gasteiger partial charge on any atom is 0.339 e. The summed E-state index contributed by atoms with van der Waals surface area (Å²) in [5.41, 5.74) is 5.93. The molecular formula is C12H10ClN3O2S. The number of methoxy groups -OCH3 is 1. The molecule has 0 aliphatic carbocycles. The number of nitrogen functional groups attached to an aromatic ring is 1. The molecule has 0 bridgehead atoms. The van der Waals surface area contributed by atoms with E-state index in [4.69, 9.17) is 22.1 Å². The molecule has 19 heavy (non-hydrogen) atoms. The molecule has 0 aliphatic rings. The van der Waals surface area contributed by atoms with Crippen LogP contribution in [-0.2, 0) is 4.74 Å². The molecule has 0 saturated carbocycles. The minimum Gasteiger partial charge on any atom is -0.465 e. The van der Waals surface area contributed by atoms with E-state index in [9.17, 15) is 4.79 Å². The van der Waals surface area contributed by atoms with Crippen LogP contribution in [0.15, 0.2) is 40.5 Å². The number of hydrogen-bond acceptors (Lipinski definition) is 6. The highest BCUT2D eigenvalue weighted by Crippen LogP contribution is 2.30. The molecule has 2 aromatic heterocycles. The molecular weight excluding hydrogens is 286 g/mol. The maximum absolute atomic E-state index is 11.7. The number of esters is 1. The second kappa shape index (κ2) is 5.90. The first-order valence-electron chi connectivity index (χ1n) is 5.23. The van der Waals surface area contributed by atoms with Gasteiger partial charge < -0.3 is 10.5 Å². The predicted octanol–water partition coefficient (Wildman–Crippen LogP) is 2.65. The van der Waals surface area contributed by atoms with E-state index in [1.54, 1.807) is 12.1 Å². The first-order chi connectivity index (χ1) is 9.10. The summed E-state index contributed by atoms with van der Waals surface area (Å²) in [4.78, 5) is 20.4. The highest BCUT2D eigenvalue weighted by atomic mass is 35.5. The smallest absolute Gasteiger partial charge is 0.339 e. The van der Waals surface area contributed by atoms with Crippen molar-refractivity contribution >= 4 is 35.1 Å². The Kier molecular flexibility index (Phi) is 4.24. The van der Waals surface area contributed by atoms with Crippen molar-refractivity contribution in [1.82, 2.24) is 9.97 Å². The van der Waals surface area contributed by atoms with Crippen molar-refractivity contribution in [1.29, 1.82) is 0 Å². The predicted molar refractivity (Wildman–Crippen MR) is 73.4 cm³/mol. The van der Waals surface area contributed by atoms with Crippen LogP contribution in [0.5, 0.6) is 0 Å². The van der Waals surface area contributed by atoms with Crippen LogP contribution in [0.25, 0.3) is 0 Å². The fraction of sp³-hybridized carbons (Fsp3) is 0.0833. The molecule has 2 N–H and O–H groups in total. The zero-order valence-corrected chi connectivity index (χ0v) is 11.5. The summed E-state index contributed by atoms with van der Waals surface area (Å²) in [5, 5.41) is 1.24. The van der Waals surface area contributed by atoms with E-state index in [-0.39, 0.29) is 5.82 Å². The molecule has 2 rings (SSSR count). The van der Waals surface area contributed by atoms with Gasteiger partial charge in [-0.3, -0.25) is 0 Å². The lowest BCUT2D eigenvalue weighted by Crippen LogP contribution is -2.05. The molecule has 7 heteroatoms. The van der Waals surface area contributed by atoms with Crippen LogP contribution in [0.3, 0.4) is 0 Å². The second-order valence-corrected chi connectivity index (χ2v) is 5.01. The van der Waals surface area contributed by atoms with Crippen LogP contribution in [0.1, 0.15) is 10.4 Å². The number of ether oxygens (including phenoxy) is 1. The third kappa shape index (κ3) is 3.36. The van der Waals surface area contributed by atoms with E-state index in [2.05, 4.69) is 9.97 Å². The molecule has 0 radical (unpaired) electrons. The maximum atomic E-state index is 11.7. The number of anilines is 1. The zero-order chi connectivity index (χ0) is 13.8. The summed E-state index contributed by atoms with van der Waals surface area (Å²) >= 11 is 7.05. The molecule has 0 saturated heterocycles. The van der Waals surface area contributed by atoms with Crippen LogP contribution in [0, 0.1) is 0 Å². The van der Waals surface area contributed by atoms with Crippen LogP contribution in [-0.4, -0.2) is 23.0 Å². The lowest BCUT2D eigenvalue weighted by molar-refractivity contribution is 0.0596. The number of carbonyl (C=O) groups excluding carboxylic acids is 1. The topological polar surface area (TPSA) is 78.1 Å². The average Bonchev–Trinajstić information content (AvgIpc) is 2.42. The first kappa shape index (κ1) is 13.6. The standard InChI is InChI=1S/C12H10ClN3O2S/c1-18-12(17)8-4-10(14)15-6-9(8)19-11-3-2-7(13)5-16-11/h2-6H,1H3,(H2,14,15). The van der Waals surface area contributed by atoms with Crippen molar-refractivity contribution in [2.24, 2.45) is 0 Å². The molecule has 5 nitrogen and oxygen atoms in total. The second-order valence-electron chi connectivity index (χ2n) is 3.51. The molecule has 0 aliphatic heterocycles. The van der Waals surface area contributed by atoms with E-state index >= 15 is 0 Å². The molecule has 0 aromatic carbocycles. The minimum atomic E-state index is -0.467. The normalized spacial score (nSPS) is 10.2. The SMILES string of the molecule is COC(=O)c1cc(N)ncc1Sc1ccc(Cl)cn1. The Labute approximate surface area is 119 Å². The van der Waals surface area contributed by atoms with Gasteiger partial charge in [0.2, 0.25) is 0 Å². The van der Waals surface area contributed by atoms with Gasteiger partial charge in [-0.1, -0.05) is 23.4 Å². The number of pyridine rings is 2. The molecule has 2 heterocycles. The number of nitrogens with two attached hydrogens (primary N) is 1. The van der Waals surface area contributed by atoms with E-state index in [0.717, 1.165) is 0 Å². The number of halogens is 1. The Morgan fingerprint density at radius 1 is 1.37 bits per heavy atom. The summed E-state index contributed by atoms with van der Waals surface area (Å²) in [6.07, 6.45) is 3.05. The van der Waals surface area contributed by atoms with Gasteiger partial charge in [0.25, 0.3) is 0 Å². The molecule has 2 aromatic rings. The van der Waals surface area contributed by atoms with Crippen molar-refractivity contribution in [3.05, 3.63) is 41.2 Å². The molecule has 0 fully saturated rings. The van der Waals surface area contributed by atoms with Gasteiger partial charge >= 0.3 is 5.97 Å². The van der Waals surface area contributed by atoms with Gasteiger partial charge in [-0.05, 0) is 18.2 Å². The Balaban J connectivity index is 2.34. The zero-order valence-electron chi connectivity index (χ0n) is 9.96. The summed E-state index contributed by atoms with van der Waals surface area (Å²) in [7, 11) is 1.31. The van der Waals surface area contributed by atoms with E-state index < -0.39 is 5.97 Å². The Morgan fingerprint density at radius 3 is 2.79 bits per heavy atom. The van der Waals surface area contributed by atoms with Gasteiger partial charge in [-0.15, -0.1) is 0 Å². The van der Waals surface area contributed by atoms with Crippen molar-refractivity contribution in [2.75, 3.05) is 12.8 Å². The third-order valence-corrected chi connectivity index (χ3v) is 3.43. The van der Waals surface area contributed by atoms with E-state index in [0.29, 0.717) is 20.5 Å². The molecule has 0 spiro atoms. The van der Waals surface area contributed by atoms with Crippen LogP contribution < -0.4 is 5.73 Å². The number of nitrogens with zero attached hydrogens (tertiary/aromatic N) is 2. The first-order valence-corrected chi connectivity index (χ1v) is 6.43. The Hall–Kier alpha value is -1.79. The monoisotopic (exact) mass is 295 g/mol. The van der Waals surface area contributed by atoms with Gasteiger partial charge in [0.05, 0.1) is 17.7 Å². The minimum absolute atomic E-state index is 0.258. The van der Waals surface area contributed by atoms with Gasteiger partial charge in [0.15, 0.2) is 0 Å². The number of aromatic nitrogens is 2. The van der Waals surface area contributed by atoms with Crippen LogP contribution in [0.2, 0.25) is 5.02 Å². The van der Waals surface area contributed by atoms with Gasteiger partial charge in [0, 0.05) is 17.3 Å². The molecule has 0 atom stereocenters. The van der Waals surface area contributed by atoms with E-state index in [1.165, 1.54) is 37.3 Å². The fourth-order valence-electron chi connectivity index (χ4n) is 1.35. The number of rotatable bonds is 3. The summed E-state index contributed by atoms with van der Waals surface area (Å²) < 4.78 is 4.71. The number of carbonyl (C=O) groups is 1. The quantitative estimate of drug-likeness (QED) is 0.877. The van der Waals surface area contributed by atoms with Gasteiger partial charge in [-0.2, -0.15) is 0 Å². The van der Waals surface area contributed by atoms with Crippen molar-refractivity contribution in [3.63, 3.8) is 0 Å². The van der Waals surface area contributed by atoms with Gasteiger partial charge in [-0.25, -0.2) is 14.8 Å². The average molecular weight is 296 g/mol. The summed E-state index contributed by atoms with van der Waals surface area (Å²) in [6.45, 7) is 0. The highest BCUT2D eigenvalue weighted by Gasteiger charge is 2.14. The largest absolute Gasteiger partial charge is 0.465 e. The van der Waals surface area contributed by atoms with Gasteiger partial charge in [0.1, 0.15) is 10.8 Å². The lowest BCUT2D eigenvalue weighted by atomic mass is 10.2. The van der Waals surface area contributed by atoms with Crippen LogP contribution in [0.4, 0.5) is 5.82 Å². The third-order valence-electron chi connectivity index (χ3n) is 2.21. The molecule has 98 valence electrons. The number of hydrogen-bond donors (Lipinski definition) is 1. The van der Waals surface area contributed by atoms with Crippen LogP contribution >= 0.6 is 23.4 Å².